The van der Waals surface area contributed by atoms with Gasteiger partial charge in [-0.3, -0.25) is 0 Å². The number of rotatable bonds is 1. The Labute approximate surface area is 93.5 Å². The molecule has 0 aliphatic rings. The Balaban J connectivity index is 2.55. The second-order valence-corrected chi connectivity index (χ2v) is 5.31. The van der Waals surface area contributed by atoms with Gasteiger partial charge in [0.15, 0.2) is 0 Å². The monoisotopic (exact) mass is 271 g/mol. The fourth-order valence-electron chi connectivity index (χ4n) is 1.19. The Bertz CT molecular complexity index is 467. The maximum atomic E-state index is 13.4. The van der Waals surface area contributed by atoms with E-state index in [1.54, 1.807) is 12.1 Å². The summed E-state index contributed by atoms with van der Waals surface area (Å²) < 4.78 is 14.4. The minimum Gasteiger partial charge on any atom is -0.399 e. The average molecular weight is 272 g/mol. The van der Waals surface area contributed by atoms with Crippen LogP contribution in [0, 0.1) is 5.82 Å². The van der Waals surface area contributed by atoms with Crippen LogP contribution in [-0.2, 0) is 0 Å². The quantitative estimate of drug-likeness (QED) is 0.783. The minimum atomic E-state index is -0.242. The van der Waals surface area contributed by atoms with Gasteiger partial charge < -0.3 is 5.73 Å². The van der Waals surface area contributed by atoms with Gasteiger partial charge in [-0.05, 0) is 46.3 Å². The van der Waals surface area contributed by atoms with Gasteiger partial charge >= 0.3 is 0 Å². The first kappa shape index (κ1) is 9.68. The van der Waals surface area contributed by atoms with Crippen LogP contribution in [0.3, 0.4) is 0 Å². The molecule has 0 saturated heterocycles. The van der Waals surface area contributed by atoms with Crippen molar-refractivity contribution in [2.45, 2.75) is 0 Å². The molecule has 1 heterocycles. The van der Waals surface area contributed by atoms with E-state index in [0.29, 0.717) is 11.3 Å². The largest absolute Gasteiger partial charge is 0.399 e. The van der Waals surface area contributed by atoms with Crippen LogP contribution >= 0.6 is 27.3 Å². The van der Waals surface area contributed by atoms with Gasteiger partial charge in [0.1, 0.15) is 5.82 Å². The van der Waals surface area contributed by atoms with E-state index in [0.717, 1.165) is 8.66 Å². The summed E-state index contributed by atoms with van der Waals surface area (Å²) in [5, 5.41) is 0. The molecule has 1 aromatic heterocycles. The van der Waals surface area contributed by atoms with Crippen molar-refractivity contribution in [1.82, 2.24) is 0 Å². The van der Waals surface area contributed by atoms with E-state index >= 15 is 0 Å². The van der Waals surface area contributed by atoms with E-state index in [2.05, 4.69) is 15.9 Å². The summed E-state index contributed by atoms with van der Waals surface area (Å²) in [6, 6.07) is 8.35. The molecule has 2 N–H and O–H groups in total. The standard InChI is InChI=1S/C10H7BrFNS/c11-10-4-3-9(14-10)7-5-6(13)1-2-8(7)12/h1-5H,13H2. The molecule has 72 valence electrons. The summed E-state index contributed by atoms with van der Waals surface area (Å²) in [5.74, 6) is -0.242. The smallest absolute Gasteiger partial charge is 0.131 e. The fraction of sp³-hybridized carbons (Fsp3) is 0. The van der Waals surface area contributed by atoms with E-state index < -0.39 is 0 Å². The Morgan fingerprint density at radius 3 is 2.64 bits per heavy atom. The Morgan fingerprint density at radius 1 is 1.21 bits per heavy atom. The van der Waals surface area contributed by atoms with E-state index in [4.69, 9.17) is 5.73 Å². The summed E-state index contributed by atoms with van der Waals surface area (Å²) in [6.45, 7) is 0. The zero-order valence-electron chi connectivity index (χ0n) is 7.13. The van der Waals surface area contributed by atoms with Crippen molar-refractivity contribution in [2.24, 2.45) is 0 Å². The first-order valence-corrected chi connectivity index (χ1v) is 5.58. The van der Waals surface area contributed by atoms with Gasteiger partial charge in [-0.2, -0.15) is 0 Å². The summed E-state index contributed by atoms with van der Waals surface area (Å²) in [7, 11) is 0. The minimum absolute atomic E-state index is 0.242. The Morgan fingerprint density at radius 2 is 2.00 bits per heavy atom. The number of hydrogen-bond acceptors (Lipinski definition) is 2. The molecule has 0 bridgehead atoms. The van der Waals surface area contributed by atoms with E-state index in [-0.39, 0.29) is 5.82 Å². The fourth-order valence-corrected chi connectivity index (χ4v) is 2.59. The molecule has 1 aromatic carbocycles. The second-order valence-electron chi connectivity index (χ2n) is 2.84. The number of halogens is 2. The lowest BCUT2D eigenvalue weighted by Gasteiger charge is -2.00. The lowest BCUT2D eigenvalue weighted by atomic mass is 10.1. The lowest BCUT2D eigenvalue weighted by molar-refractivity contribution is 0.632. The molecule has 2 aromatic rings. The number of nitrogen functional groups attached to an aromatic ring is 1. The van der Waals surface area contributed by atoms with Crippen molar-refractivity contribution in [1.29, 1.82) is 0 Å². The van der Waals surface area contributed by atoms with Crippen LogP contribution in [-0.4, -0.2) is 0 Å². The average Bonchev–Trinajstić information content (AvgIpc) is 2.56. The van der Waals surface area contributed by atoms with E-state index in [1.807, 2.05) is 12.1 Å². The van der Waals surface area contributed by atoms with Crippen LogP contribution in [0.5, 0.6) is 0 Å². The molecular weight excluding hydrogens is 265 g/mol. The SMILES string of the molecule is Nc1ccc(F)c(-c2ccc(Br)s2)c1. The summed E-state index contributed by atoms with van der Waals surface area (Å²) in [5.41, 5.74) is 6.73. The van der Waals surface area contributed by atoms with Crippen molar-refractivity contribution in [3.8, 4) is 10.4 Å². The van der Waals surface area contributed by atoms with Gasteiger partial charge in [0.25, 0.3) is 0 Å². The van der Waals surface area contributed by atoms with Gasteiger partial charge in [-0.15, -0.1) is 11.3 Å². The lowest BCUT2D eigenvalue weighted by Crippen LogP contribution is -1.87. The molecule has 0 atom stereocenters. The van der Waals surface area contributed by atoms with Crippen LogP contribution in [0.2, 0.25) is 0 Å². The first-order chi connectivity index (χ1) is 6.66. The van der Waals surface area contributed by atoms with Crippen molar-refractivity contribution < 1.29 is 4.39 Å². The highest BCUT2D eigenvalue weighted by Gasteiger charge is 2.07. The topological polar surface area (TPSA) is 26.0 Å². The van der Waals surface area contributed by atoms with Crippen LogP contribution in [0.25, 0.3) is 10.4 Å². The zero-order chi connectivity index (χ0) is 10.1. The number of nitrogens with two attached hydrogens (primary N) is 1. The summed E-state index contributed by atoms with van der Waals surface area (Å²) >= 11 is 4.82. The van der Waals surface area contributed by atoms with E-state index in [9.17, 15) is 4.39 Å². The molecule has 0 spiro atoms. The van der Waals surface area contributed by atoms with Gasteiger partial charge in [0.2, 0.25) is 0 Å². The Hall–Kier alpha value is -0.870. The van der Waals surface area contributed by atoms with Crippen molar-refractivity contribution >= 4 is 33.0 Å². The van der Waals surface area contributed by atoms with Crippen LogP contribution < -0.4 is 5.73 Å². The molecule has 0 aliphatic carbocycles. The van der Waals surface area contributed by atoms with Crippen LogP contribution in [0.15, 0.2) is 34.1 Å². The number of hydrogen-bond donors (Lipinski definition) is 1. The van der Waals surface area contributed by atoms with Gasteiger partial charge in [-0.25, -0.2) is 4.39 Å². The Kier molecular flexibility index (Phi) is 2.56. The number of anilines is 1. The third-order valence-electron chi connectivity index (χ3n) is 1.83. The number of benzene rings is 1. The number of thiophene rings is 1. The van der Waals surface area contributed by atoms with Gasteiger partial charge in [0, 0.05) is 16.1 Å². The van der Waals surface area contributed by atoms with Crippen LogP contribution in [0.1, 0.15) is 0 Å². The molecule has 0 fully saturated rings. The third-order valence-corrected chi connectivity index (χ3v) is 3.49. The third kappa shape index (κ3) is 1.81. The zero-order valence-corrected chi connectivity index (χ0v) is 9.53. The van der Waals surface area contributed by atoms with Gasteiger partial charge in [0.05, 0.1) is 3.79 Å². The second kappa shape index (κ2) is 3.71. The van der Waals surface area contributed by atoms with E-state index in [1.165, 1.54) is 17.4 Å². The van der Waals surface area contributed by atoms with Crippen molar-refractivity contribution in [3.63, 3.8) is 0 Å². The predicted molar refractivity (Wildman–Crippen MR) is 61.8 cm³/mol. The highest BCUT2D eigenvalue weighted by atomic mass is 79.9. The summed E-state index contributed by atoms with van der Waals surface area (Å²) in [4.78, 5) is 0.877. The molecule has 0 aliphatic heterocycles. The maximum Gasteiger partial charge on any atom is 0.131 e. The molecule has 0 unspecified atom stereocenters. The highest BCUT2D eigenvalue weighted by molar-refractivity contribution is 9.11. The molecule has 0 saturated carbocycles. The van der Waals surface area contributed by atoms with Gasteiger partial charge in [-0.1, -0.05) is 0 Å². The first-order valence-electron chi connectivity index (χ1n) is 3.97. The molecule has 1 nitrogen and oxygen atoms in total. The predicted octanol–water partition coefficient (Wildman–Crippen LogP) is 3.90. The van der Waals surface area contributed by atoms with Crippen LogP contribution in [0.4, 0.5) is 10.1 Å². The molecule has 2 rings (SSSR count). The summed E-state index contributed by atoms with van der Waals surface area (Å²) in [6.07, 6.45) is 0. The molecule has 0 radical (unpaired) electrons. The molecule has 14 heavy (non-hydrogen) atoms. The highest BCUT2D eigenvalue weighted by Crippen LogP contribution is 2.33. The molecule has 4 heteroatoms. The molecular formula is C10H7BrFNS. The van der Waals surface area contributed by atoms with Crippen molar-refractivity contribution in [3.05, 3.63) is 39.9 Å². The molecule has 0 amide bonds. The normalized spacial score (nSPS) is 10.4. The van der Waals surface area contributed by atoms with Crippen molar-refractivity contribution in [2.75, 3.05) is 5.73 Å². The maximum absolute atomic E-state index is 13.4.